The number of pyridine rings is 1. The number of nitrogens with zero attached hydrogens (tertiary/aromatic N) is 2. The summed E-state index contributed by atoms with van der Waals surface area (Å²) in [5.74, 6) is -0.114. The standard InChI is InChI=1S/C13H9F3N2O3/c1-21-12-10(6-8(7-17-12)18(19)20)9-4-2-3-5-11(9)13(14,15)16/h2-7H,1H3. The van der Waals surface area contributed by atoms with Crippen molar-refractivity contribution < 1.29 is 22.8 Å². The number of ether oxygens (including phenoxy) is 1. The Balaban J connectivity index is 2.72. The van der Waals surface area contributed by atoms with E-state index in [0.29, 0.717) is 0 Å². The van der Waals surface area contributed by atoms with Crippen LogP contribution in [0, 0.1) is 10.1 Å². The Bertz CT molecular complexity index is 687. The van der Waals surface area contributed by atoms with Gasteiger partial charge < -0.3 is 4.74 Å². The molecule has 5 nitrogen and oxygen atoms in total. The Kier molecular flexibility index (Phi) is 3.79. The average Bonchev–Trinajstić information content (AvgIpc) is 2.45. The Morgan fingerprint density at radius 1 is 1.24 bits per heavy atom. The SMILES string of the molecule is COc1ncc([N+](=O)[O-])cc1-c1ccccc1C(F)(F)F. The second-order valence-electron chi connectivity index (χ2n) is 4.05. The van der Waals surface area contributed by atoms with Crippen molar-refractivity contribution >= 4 is 5.69 Å². The van der Waals surface area contributed by atoms with Crippen molar-refractivity contribution in [2.45, 2.75) is 6.18 Å². The summed E-state index contributed by atoms with van der Waals surface area (Å²) in [5, 5.41) is 10.8. The van der Waals surface area contributed by atoms with Crippen molar-refractivity contribution in [3.63, 3.8) is 0 Å². The molecule has 0 atom stereocenters. The molecule has 110 valence electrons. The smallest absolute Gasteiger partial charge is 0.417 e. The Hall–Kier alpha value is -2.64. The average molecular weight is 298 g/mol. The molecule has 0 saturated carbocycles. The molecule has 0 unspecified atom stereocenters. The predicted molar refractivity (Wildman–Crippen MR) is 67.9 cm³/mol. The number of benzene rings is 1. The molecule has 8 heteroatoms. The van der Waals surface area contributed by atoms with Crippen LogP contribution in [0.3, 0.4) is 0 Å². The monoisotopic (exact) mass is 298 g/mol. The summed E-state index contributed by atoms with van der Waals surface area (Å²) in [7, 11) is 1.23. The number of halogens is 3. The number of aromatic nitrogens is 1. The fourth-order valence-corrected chi connectivity index (χ4v) is 1.86. The van der Waals surface area contributed by atoms with Crippen molar-refractivity contribution in [2.24, 2.45) is 0 Å². The molecule has 1 heterocycles. The van der Waals surface area contributed by atoms with Crippen molar-refractivity contribution in [1.29, 1.82) is 0 Å². The van der Waals surface area contributed by atoms with E-state index in [2.05, 4.69) is 4.98 Å². The lowest BCUT2D eigenvalue weighted by molar-refractivity contribution is -0.385. The van der Waals surface area contributed by atoms with Gasteiger partial charge in [-0.15, -0.1) is 0 Å². The highest BCUT2D eigenvalue weighted by Crippen LogP contribution is 2.40. The minimum Gasteiger partial charge on any atom is -0.481 e. The molecule has 0 aliphatic heterocycles. The van der Waals surface area contributed by atoms with E-state index in [-0.39, 0.29) is 17.0 Å². The molecule has 0 amide bonds. The highest BCUT2D eigenvalue weighted by Gasteiger charge is 2.34. The van der Waals surface area contributed by atoms with Crippen LogP contribution in [-0.4, -0.2) is 17.0 Å². The van der Waals surface area contributed by atoms with Crippen LogP contribution in [0.25, 0.3) is 11.1 Å². The van der Waals surface area contributed by atoms with Gasteiger partial charge in [-0.25, -0.2) is 4.98 Å². The quantitative estimate of drug-likeness (QED) is 0.640. The zero-order valence-corrected chi connectivity index (χ0v) is 10.7. The van der Waals surface area contributed by atoms with Crippen molar-refractivity contribution in [3.8, 4) is 17.0 Å². The van der Waals surface area contributed by atoms with Gasteiger partial charge in [0, 0.05) is 6.07 Å². The highest BCUT2D eigenvalue weighted by atomic mass is 19.4. The van der Waals surface area contributed by atoms with Crippen molar-refractivity contribution in [3.05, 3.63) is 52.2 Å². The first-order chi connectivity index (χ1) is 9.84. The van der Waals surface area contributed by atoms with Crippen LogP contribution >= 0.6 is 0 Å². The predicted octanol–water partition coefficient (Wildman–Crippen LogP) is 3.68. The molecule has 0 fully saturated rings. The highest BCUT2D eigenvalue weighted by molar-refractivity contribution is 5.74. The summed E-state index contributed by atoms with van der Waals surface area (Å²) in [6.07, 6.45) is -3.66. The van der Waals surface area contributed by atoms with E-state index in [1.54, 1.807) is 0 Å². The van der Waals surface area contributed by atoms with Crippen LogP contribution in [0.5, 0.6) is 5.88 Å². The van der Waals surface area contributed by atoms with Crippen LogP contribution in [0.1, 0.15) is 5.56 Å². The van der Waals surface area contributed by atoms with Crippen LogP contribution in [0.2, 0.25) is 0 Å². The van der Waals surface area contributed by atoms with E-state index >= 15 is 0 Å². The number of alkyl halides is 3. The number of rotatable bonds is 3. The fraction of sp³-hybridized carbons (Fsp3) is 0.154. The summed E-state index contributed by atoms with van der Waals surface area (Å²) in [4.78, 5) is 13.7. The first-order valence-corrected chi connectivity index (χ1v) is 5.69. The molecule has 0 radical (unpaired) electrons. The van der Waals surface area contributed by atoms with Gasteiger partial charge in [-0.1, -0.05) is 18.2 Å². The van der Waals surface area contributed by atoms with E-state index in [1.165, 1.54) is 25.3 Å². The van der Waals surface area contributed by atoms with Gasteiger partial charge in [-0.05, 0) is 11.6 Å². The van der Waals surface area contributed by atoms with E-state index in [0.717, 1.165) is 18.3 Å². The van der Waals surface area contributed by atoms with E-state index in [9.17, 15) is 23.3 Å². The minimum atomic E-state index is -4.59. The summed E-state index contributed by atoms with van der Waals surface area (Å²) < 4.78 is 44.0. The normalized spacial score (nSPS) is 11.2. The van der Waals surface area contributed by atoms with Gasteiger partial charge in [0.25, 0.3) is 5.69 Å². The van der Waals surface area contributed by atoms with Gasteiger partial charge in [0.05, 0.1) is 23.2 Å². The lowest BCUT2D eigenvalue weighted by atomic mass is 10.00. The van der Waals surface area contributed by atoms with E-state index < -0.39 is 22.4 Å². The van der Waals surface area contributed by atoms with Gasteiger partial charge in [0.2, 0.25) is 5.88 Å². The molecule has 0 N–H and O–H groups in total. The molecule has 21 heavy (non-hydrogen) atoms. The lowest BCUT2D eigenvalue weighted by Gasteiger charge is -2.14. The Morgan fingerprint density at radius 3 is 2.48 bits per heavy atom. The summed E-state index contributed by atoms with van der Waals surface area (Å²) in [6.45, 7) is 0. The summed E-state index contributed by atoms with van der Waals surface area (Å²) >= 11 is 0. The molecule has 1 aromatic heterocycles. The van der Waals surface area contributed by atoms with E-state index in [1.807, 2.05) is 0 Å². The first kappa shape index (κ1) is 14.8. The maximum atomic E-state index is 13.0. The lowest BCUT2D eigenvalue weighted by Crippen LogP contribution is -2.07. The molecule has 1 aromatic carbocycles. The van der Waals surface area contributed by atoms with Gasteiger partial charge >= 0.3 is 6.18 Å². The third-order valence-corrected chi connectivity index (χ3v) is 2.76. The van der Waals surface area contributed by atoms with Crippen LogP contribution in [0.4, 0.5) is 18.9 Å². The first-order valence-electron chi connectivity index (χ1n) is 5.69. The number of hydrogen-bond donors (Lipinski definition) is 0. The zero-order valence-electron chi connectivity index (χ0n) is 10.7. The van der Waals surface area contributed by atoms with Crippen LogP contribution < -0.4 is 4.74 Å². The van der Waals surface area contributed by atoms with Gasteiger partial charge in [0.15, 0.2) is 0 Å². The van der Waals surface area contributed by atoms with Gasteiger partial charge in [0.1, 0.15) is 6.20 Å². The molecular formula is C13H9F3N2O3. The molecule has 0 spiro atoms. The van der Waals surface area contributed by atoms with Crippen molar-refractivity contribution in [1.82, 2.24) is 4.98 Å². The van der Waals surface area contributed by atoms with E-state index in [4.69, 9.17) is 4.74 Å². The largest absolute Gasteiger partial charge is 0.481 e. The third-order valence-electron chi connectivity index (χ3n) is 2.76. The maximum absolute atomic E-state index is 13.0. The summed E-state index contributed by atoms with van der Waals surface area (Å²) in [5.41, 5.74) is -1.63. The molecule has 0 saturated heterocycles. The maximum Gasteiger partial charge on any atom is 0.417 e. The molecular weight excluding hydrogens is 289 g/mol. The number of nitro groups is 1. The fourth-order valence-electron chi connectivity index (χ4n) is 1.86. The van der Waals surface area contributed by atoms with Crippen molar-refractivity contribution in [2.75, 3.05) is 7.11 Å². The minimum absolute atomic E-state index is 0.0837. The summed E-state index contributed by atoms with van der Waals surface area (Å²) in [6, 6.07) is 5.77. The van der Waals surface area contributed by atoms with Crippen LogP contribution in [0.15, 0.2) is 36.5 Å². The number of hydrogen-bond acceptors (Lipinski definition) is 4. The molecule has 0 aliphatic carbocycles. The number of methoxy groups -OCH3 is 1. The molecule has 2 rings (SSSR count). The molecule has 0 bridgehead atoms. The third kappa shape index (κ3) is 2.93. The molecule has 2 aromatic rings. The van der Waals surface area contributed by atoms with Gasteiger partial charge in [-0.2, -0.15) is 13.2 Å². The molecule has 0 aliphatic rings. The topological polar surface area (TPSA) is 65.3 Å². The van der Waals surface area contributed by atoms with Gasteiger partial charge in [-0.3, -0.25) is 10.1 Å². The second kappa shape index (κ2) is 5.39. The second-order valence-corrected chi connectivity index (χ2v) is 4.05. The zero-order chi connectivity index (χ0) is 15.6. The van der Waals surface area contributed by atoms with Crippen LogP contribution in [-0.2, 0) is 6.18 Å². The Labute approximate surface area is 117 Å². The Morgan fingerprint density at radius 2 is 1.90 bits per heavy atom.